The zero-order valence-electron chi connectivity index (χ0n) is 9.98. The maximum absolute atomic E-state index is 12.0. The molecule has 1 fully saturated rings. The molecule has 19 heavy (non-hydrogen) atoms. The van der Waals surface area contributed by atoms with Crippen LogP contribution in [0.25, 0.3) is 5.52 Å². The molecule has 1 aliphatic rings. The summed E-state index contributed by atoms with van der Waals surface area (Å²) in [5, 5.41) is 8.50. The van der Waals surface area contributed by atoms with E-state index in [0.717, 1.165) is 0 Å². The second kappa shape index (κ2) is 4.06. The van der Waals surface area contributed by atoms with Gasteiger partial charge in [0.25, 0.3) is 0 Å². The van der Waals surface area contributed by atoms with Crippen molar-refractivity contribution in [1.29, 1.82) is 0 Å². The highest BCUT2D eigenvalue weighted by Gasteiger charge is 2.36. The van der Waals surface area contributed by atoms with E-state index < -0.39 is 21.1 Å². The molecule has 1 aliphatic heterocycles. The standard InChI is InChI=1S/C12H12N2O4S/c15-12(16)9-4-1-3-8-7-13-11(14(8)9)10-5-2-6-19(10,17)18/h1,3-4,7,10H,2,5-6H2,(H,15,16). The SMILES string of the molecule is O=C(O)c1cccc2cnc(C3CCCS3(=O)=O)n12. The number of fused-ring (bicyclic) bond motifs is 1. The number of nitrogens with zero attached hydrogens (tertiary/aromatic N) is 2. The summed E-state index contributed by atoms with van der Waals surface area (Å²) >= 11 is 0. The van der Waals surface area contributed by atoms with E-state index in [1.165, 1.54) is 16.7 Å². The molecule has 0 aliphatic carbocycles. The van der Waals surface area contributed by atoms with Crippen molar-refractivity contribution in [2.75, 3.05) is 5.75 Å². The summed E-state index contributed by atoms with van der Waals surface area (Å²) < 4.78 is 25.4. The Labute approximate surface area is 109 Å². The van der Waals surface area contributed by atoms with Gasteiger partial charge in [-0.15, -0.1) is 0 Å². The van der Waals surface area contributed by atoms with Crippen LogP contribution in [-0.2, 0) is 9.84 Å². The lowest BCUT2D eigenvalue weighted by Crippen LogP contribution is -2.14. The van der Waals surface area contributed by atoms with E-state index in [0.29, 0.717) is 24.2 Å². The Hall–Kier alpha value is -1.89. The summed E-state index contributed by atoms with van der Waals surface area (Å²) in [5.74, 6) is -0.646. The minimum atomic E-state index is -3.22. The maximum Gasteiger partial charge on any atom is 0.352 e. The second-order valence-corrected chi connectivity index (χ2v) is 6.89. The zero-order valence-corrected chi connectivity index (χ0v) is 10.8. The number of hydrogen-bond acceptors (Lipinski definition) is 4. The fraction of sp³-hybridized carbons (Fsp3) is 0.333. The average molecular weight is 280 g/mol. The minimum Gasteiger partial charge on any atom is -0.477 e. The molecule has 0 amide bonds. The van der Waals surface area contributed by atoms with Crippen LogP contribution in [0.2, 0.25) is 0 Å². The highest BCUT2D eigenvalue weighted by atomic mass is 32.2. The van der Waals surface area contributed by atoms with E-state index in [9.17, 15) is 18.3 Å². The van der Waals surface area contributed by atoms with E-state index in [4.69, 9.17) is 0 Å². The first-order chi connectivity index (χ1) is 9.00. The van der Waals surface area contributed by atoms with Crippen LogP contribution in [-0.4, -0.2) is 34.6 Å². The van der Waals surface area contributed by atoms with E-state index >= 15 is 0 Å². The van der Waals surface area contributed by atoms with Gasteiger partial charge in [-0.3, -0.25) is 4.40 Å². The van der Waals surface area contributed by atoms with Crippen molar-refractivity contribution in [2.24, 2.45) is 0 Å². The zero-order chi connectivity index (χ0) is 13.6. The Balaban J connectivity index is 2.28. The number of aromatic nitrogens is 2. The van der Waals surface area contributed by atoms with Crippen LogP contribution in [0.3, 0.4) is 0 Å². The van der Waals surface area contributed by atoms with Crippen molar-refractivity contribution in [3.63, 3.8) is 0 Å². The van der Waals surface area contributed by atoms with Gasteiger partial charge >= 0.3 is 5.97 Å². The average Bonchev–Trinajstić information content (AvgIpc) is 2.91. The fourth-order valence-corrected chi connectivity index (χ4v) is 4.41. The lowest BCUT2D eigenvalue weighted by molar-refractivity contribution is 0.0688. The van der Waals surface area contributed by atoms with Crippen LogP contribution < -0.4 is 0 Å². The number of rotatable bonds is 2. The third-order valence-electron chi connectivity index (χ3n) is 3.41. The molecule has 3 rings (SSSR count). The van der Waals surface area contributed by atoms with Crippen molar-refractivity contribution >= 4 is 21.3 Å². The molecule has 1 N–H and O–H groups in total. The first-order valence-electron chi connectivity index (χ1n) is 5.92. The molecule has 6 nitrogen and oxygen atoms in total. The predicted molar refractivity (Wildman–Crippen MR) is 67.9 cm³/mol. The lowest BCUT2D eigenvalue weighted by atomic mass is 10.2. The summed E-state index contributed by atoms with van der Waals surface area (Å²) in [6, 6.07) is 4.78. The molecular formula is C12H12N2O4S. The number of carboxylic acid groups (broad SMARTS) is 1. The Kier molecular flexibility index (Phi) is 2.60. The third kappa shape index (κ3) is 1.81. The Morgan fingerprint density at radius 3 is 2.84 bits per heavy atom. The van der Waals surface area contributed by atoms with Gasteiger partial charge < -0.3 is 5.11 Å². The fourth-order valence-electron chi connectivity index (χ4n) is 2.55. The number of sulfone groups is 1. The lowest BCUT2D eigenvalue weighted by Gasteiger charge is -2.10. The Morgan fingerprint density at radius 1 is 1.42 bits per heavy atom. The molecule has 0 saturated carbocycles. The first-order valence-corrected chi connectivity index (χ1v) is 7.63. The molecule has 1 atom stereocenters. The van der Waals surface area contributed by atoms with E-state index in [-0.39, 0.29) is 11.4 Å². The maximum atomic E-state index is 12.0. The molecule has 1 unspecified atom stereocenters. The first kappa shape index (κ1) is 12.2. The molecule has 7 heteroatoms. The minimum absolute atomic E-state index is 0.0344. The highest BCUT2D eigenvalue weighted by Crippen LogP contribution is 2.34. The highest BCUT2D eigenvalue weighted by molar-refractivity contribution is 7.91. The van der Waals surface area contributed by atoms with Crippen molar-refractivity contribution < 1.29 is 18.3 Å². The summed E-state index contributed by atoms with van der Waals surface area (Å²) in [5.41, 5.74) is 0.629. The van der Waals surface area contributed by atoms with Crippen molar-refractivity contribution in [1.82, 2.24) is 9.38 Å². The van der Waals surface area contributed by atoms with Crippen molar-refractivity contribution in [3.8, 4) is 0 Å². The number of pyridine rings is 1. The van der Waals surface area contributed by atoms with Gasteiger partial charge in [-0.2, -0.15) is 0 Å². The smallest absolute Gasteiger partial charge is 0.352 e. The summed E-state index contributed by atoms with van der Waals surface area (Å²) in [7, 11) is -3.22. The summed E-state index contributed by atoms with van der Waals surface area (Å²) in [4.78, 5) is 15.4. The molecule has 0 bridgehead atoms. The van der Waals surface area contributed by atoms with Gasteiger partial charge in [-0.1, -0.05) is 6.07 Å². The van der Waals surface area contributed by atoms with Crippen LogP contribution in [0.5, 0.6) is 0 Å². The van der Waals surface area contributed by atoms with Crippen LogP contribution in [0.4, 0.5) is 0 Å². The van der Waals surface area contributed by atoms with Gasteiger partial charge in [0.15, 0.2) is 9.84 Å². The monoisotopic (exact) mass is 280 g/mol. The van der Waals surface area contributed by atoms with Gasteiger partial charge in [0, 0.05) is 0 Å². The van der Waals surface area contributed by atoms with Crippen LogP contribution in [0, 0.1) is 0 Å². The normalized spacial score (nSPS) is 21.8. The van der Waals surface area contributed by atoms with Crippen molar-refractivity contribution in [3.05, 3.63) is 35.9 Å². The molecule has 100 valence electrons. The quantitative estimate of drug-likeness (QED) is 0.895. The topological polar surface area (TPSA) is 88.7 Å². The summed E-state index contributed by atoms with van der Waals surface area (Å²) in [6.07, 6.45) is 2.60. The van der Waals surface area contributed by atoms with Gasteiger partial charge in [-0.05, 0) is 25.0 Å². The number of imidazole rings is 1. The summed E-state index contributed by atoms with van der Waals surface area (Å²) in [6.45, 7) is 0. The molecule has 0 spiro atoms. The van der Waals surface area contributed by atoms with E-state index in [2.05, 4.69) is 4.98 Å². The van der Waals surface area contributed by atoms with E-state index in [1.807, 2.05) is 0 Å². The number of aromatic carboxylic acids is 1. The van der Waals surface area contributed by atoms with Crippen LogP contribution >= 0.6 is 0 Å². The van der Waals surface area contributed by atoms with Crippen LogP contribution in [0.1, 0.15) is 34.4 Å². The van der Waals surface area contributed by atoms with Gasteiger partial charge in [0.1, 0.15) is 16.8 Å². The van der Waals surface area contributed by atoms with Gasteiger partial charge in [0.05, 0.1) is 17.5 Å². The number of carbonyl (C=O) groups is 1. The molecule has 2 aromatic heterocycles. The molecule has 3 heterocycles. The Morgan fingerprint density at radius 2 is 2.21 bits per heavy atom. The third-order valence-corrected chi connectivity index (χ3v) is 5.59. The van der Waals surface area contributed by atoms with Crippen LogP contribution in [0.15, 0.2) is 24.4 Å². The number of carboxylic acids is 1. The molecule has 0 radical (unpaired) electrons. The molecular weight excluding hydrogens is 268 g/mol. The van der Waals surface area contributed by atoms with E-state index in [1.54, 1.807) is 12.1 Å². The predicted octanol–water partition coefficient (Wildman–Crippen LogP) is 1.28. The number of hydrogen-bond donors (Lipinski definition) is 1. The Bertz CT molecular complexity index is 763. The van der Waals surface area contributed by atoms with Gasteiger partial charge in [0.2, 0.25) is 0 Å². The largest absolute Gasteiger partial charge is 0.477 e. The molecule has 1 saturated heterocycles. The second-order valence-electron chi connectivity index (χ2n) is 4.59. The van der Waals surface area contributed by atoms with Gasteiger partial charge in [-0.25, -0.2) is 18.2 Å². The molecule has 0 aromatic carbocycles. The van der Waals surface area contributed by atoms with Crippen molar-refractivity contribution in [2.45, 2.75) is 18.1 Å². The molecule has 2 aromatic rings.